The lowest BCUT2D eigenvalue weighted by Crippen LogP contribution is -2.38. The summed E-state index contributed by atoms with van der Waals surface area (Å²) in [6.07, 6.45) is 2.31. The fraction of sp³-hybridized carbons (Fsp3) is 0.435. The second-order valence-electron chi connectivity index (χ2n) is 7.76. The Morgan fingerprint density at radius 2 is 1.91 bits per heavy atom. The van der Waals surface area contributed by atoms with Crippen LogP contribution in [0, 0.1) is 0 Å². The molecule has 8 nitrogen and oxygen atoms in total. The lowest BCUT2D eigenvalue weighted by atomic mass is 9.93. The van der Waals surface area contributed by atoms with Crippen molar-refractivity contribution in [2.45, 2.75) is 32.2 Å². The standard InChI is InChI=1S/C23H27N3O5S/c1-14-20(22(28)31-4)21(17-12-16(29-2)7-8-18(17)30-3)26-15(13-32-23(26)24-14)11-19(27)25-9-5-6-10-25/h7-8,12-13,21H,5-6,9-11H2,1-4H3/t21-/m0/s1. The van der Waals surface area contributed by atoms with Gasteiger partial charge in [-0.15, -0.1) is 0 Å². The van der Waals surface area contributed by atoms with Crippen LogP contribution in [0.2, 0.25) is 0 Å². The third kappa shape index (κ3) is 3.97. The maximum absolute atomic E-state index is 12.9. The minimum atomic E-state index is -0.562. The second kappa shape index (κ2) is 9.28. The molecular weight excluding hydrogens is 430 g/mol. The molecule has 0 bridgehead atoms. The Bertz CT molecular complexity index is 1030. The van der Waals surface area contributed by atoms with Crippen molar-refractivity contribution >= 4 is 28.8 Å². The molecule has 1 aromatic carbocycles. The van der Waals surface area contributed by atoms with E-state index >= 15 is 0 Å². The number of thioether (sulfide) groups is 1. The lowest BCUT2D eigenvalue weighted by Gasteiger charge is -2.37. The van der Waals surface area contributed by atoms with Crippen molar-refractivity contribution in [3.63, 3.8) is 0 Å². The molecule has 3 aliphatic heterocycles. The minimum absolute atomic E-state index is 0.0813. The highest BCUT2D eigenvalue weighted by Gasteiger charge is 2.42. The molecule has 0 saturated carbocycles. The number of amidine groups is 1. The van der Waals surface area contributed by atoms with Gasteiger partial charge in [-0.25, -0.2) is 9.79 Å². The monoisotopic (exact) mass is 457 g/mol. The topological polar surface area (TPSA) is 80.7 Å². The molecule has 0 unspecified atom stereocenters. The fourth-order valence-corrected chi connectivity index (χ4v) is 5.29. The van der Waals surface area contributed by atoms with Crippen molar-refractivity contribution in [3.05, 3.63) is 46.1 Å². The number of carbonyl (C=O) groups is 2. The van der Waals surface area contributed by atoms with E-state index in [2.05, 4.69) is 4.99 Å². The average molecular weight is 458 g/mol. The Morgan fingerprint density at radius 1 is 1.16 bits per heavy atom. The van der Waals surface area contributed by atoms with Gasteiger partial charge in [0.25, 0.3) is 0 Å². The third-order valence-corrected chi connectivity index (χ3v) is 6.82. The molecule has 1 fully saturated rings. The van der Waals surface area contributed by atoms with Gasteiger partial charge in [-0.05, 0) is 43.4 Å². The van der Waals surface area contributed by atoms with Gasteiger partial charge < -0.3 is 24.0 Å². The Balaban J connectivity index is 1.79. The number of aliphatic imine (C=N–C) groups is 1. The number of nitrogens with zero attached hydrogens (tertiary/aromatic N) is 3. The molecule has 4 rings (SSSR count). The summed E-state index contributed by atoms with van der Waals surface area (Å²) in [6.45, 7) is 3.38. The second-order valence-corrected chi connectivity index (χ2v) is 8.59. The summed E-state index contributed by atoms with van der Waals surface area (Å²) >= 11 is 1.45. The number of benzene rings is 1. The van der Waals surface area contributed by atoms with Crippen molar-refractivity contribution < 1.29 is 23.8 Å². The predicted molar refractivity (Wildman–Crippen MR) is 122 cm³/mol. The highest BCUT2D eigenvalue weighted by atomic mass is 32.2. The largest absolute Gasteiger partial charge is 0.497 e. The Labute approximate surface area is 191 Å². The molecule has 170 valence electrons. The first-order chi connectivity index (χ1) is 15.5. The van der Waals surface area contributed by atoms with E-state index in [0.717, 1.165) is 37.2 Å². The van der Waals surface area contributed by atoms with Crippen LogP contribution in [-0.4, -0.2) is 61.3 Å². The van der Waals surface area contributed by atoms with Gasteiger partial charge in [-0.1, -0.05) is 11.8 Å². The highest BCUT2D eigenvalue weighted by Crippen LogP contribution is 2.47. The number of hydrogen-bond acceptors (Lipinski definition) is 8. The lowest BCUT2D eigenvalue weighted by molar-refractivity contribution is -0.136. The number of carbonyl (C=O) groups excluding carboxylic acids is 2. The molecule has 0 aromatic heterocycles. The van der Waals surface area contributed by atoms with Crippen LogP contribution in [0.5, 0.6) is 11.5 Å². The minimum Gasteiger partial charge on any atom is -0.497 e. The van der Waals surface area contributed by atoms with E-state index in [1.165, 1.54) is 18.9 Å². The van der Waals surface area contributed by atoms with Gasteiger partial charge >= 0.3 is 5.97 Å². The summed E-state index contributed by atoms with van der Waals surface area (Å²) in [6, 6.07) is 4.91. The summed E-state index contributed by atoms with van der Waals surface area (Å²) < 4.78 is 16.2. The van der Waals surface area contributed by atoms with Gasteiger partial charge in [0, 0.05) is 24.4 Å². The van der Waals surface area contributed by atoms with Crippen molar-refractivity contribution in [2.75, 3.05) is 34.4 Å². The maximum Gasteiger partial charge on any atom is 0.338 e. The van der Waals surface area contributed by atoms with Gasteiger partial charge in [-0.2, -0.15) is 0 Å². The Hall–Kier alpha value is -2.94. The Kier molecular flexibility index (Phi) is 6.45. The van der Waals surface area contributed by atoms with Crippen molar-refractivity contribution in [2.24, 2.45) is 4.99 Å². The fourth-order valence-electron chi connectivity index (χ4n) is 4.32. The van der Waals surface area contributed by atoms with E-state index in [4.69, 9.17) is 14.2 Å². The molecule has 0 radical (unpaired) electrons. The SMILES string of the molecule is COC(=O)C1=C(C)N=C2SC=C(CC(=O)N3CCCC3)N2[C@H]1c1cc(OC)ccc1OC. The molecule has 1 amide bonds. The summed E-state index contributed by atoms with van der Waals surface area (Å²) in [4.78, 5) is 34.3. The van der Waals surface area contributed by atoms with E-state index in [1.54, 1.807) is 27.2 Å². The molecule has 9 heteroatoms. The average Bonchev–Trinajstić information content (AvgIpc) is 3.48. The van der Waals surface area contributed by atoms with E-state index in [9.17, 15) is 9.59 Å². The summed E-state index contributed by atoms with van der Waals surface area (Å²) in [5, 5.41) is 2.66. The summed E-state index contributed by atoms with van der Waals surface area (Å²) in [7, 11) is 4.53. The zero-order valence-electron chi connectivity index (χ0n) is 18.7. The van der Waals surface area contributed by atoms with Crippen molar-refractivity contribution in [1.82, 2.24) is 9.80 Å². The molecule has 3 aliphatic rings. The van der Waals surface area contributed by atoms with Gasteiger partial charge in [0.2, 0.25) is 5.91 Å². The number of amides is 1. The normalized spacial score (nSPS) is 20.1. The quantitative estimate of drug-likeness (QED) is 0.605. The van der Waals surface area contributed by atoms with Crippen LogP contribution >= 0.6 is 11.8 Å². The van der Waals surface area contributed by atoms with Gasteiger partial charge in [0.1, 0.15) is 11.5 Å². The Morgan fingerprint density at radius 3 is 2.56 bits per heavy atom. The number of allylic oxidation sites excluding steroid dienone is 1. The number of esters is 1. The van der Waals surface area contributed by atoms with E-state index in [0.29, 0.717) is 27.9 Å². The number of methoxy groups -OCH3 is 3. The molecule has 32 heavy (non-hydrogen) atoms. The van der Waals surface area contributed by atoms with Gasteiger partial charge in [-0.3, -0.25) is 4.79 Å². The van der Waals surface area contributed by atoms with Crippen LogP contribution in [0.1, 0.15) is 37.8 Å². The molecule has 1 aromatic rings. The number of likely N-dealkylation sites (tertiary alicyclic amines) is 1. The zero-order valence-corrected chi connectivity index (χ0v) is 19.5. The van der Waals surface area contributed by atoms with E-state index in [-0.39, 0.29) is 12.3 Å². The zero-order chi connectivity index (χ0) is 22.8. The molecule has 0 N–H and O–H groups in total. The van der Waals surface area contributed by atoms with Crippen molar-refractivity contribution in [3.8, 4) is 11.5 Å². The molecule has 3 heterocycles. The smallest absolute Gasteiger partial charge is 0.338 e. The predicted octanol–water partition coefficient (Wildman–Crippen LogP) is 3.46. The number of fused-ring (bicyclic) bond motifs is 1. The first-order valence-electron chi connectivity index (χ1n) is 10.5. The maximum atomic E-state index is 12.9. The van der Waals surface area contributed by atoms with Crippen LogP contribution in [0.3, 0.4) is 0 Å². The van der Waals surface area contributed by atoms with Crippen LogP contribution in [0.15, 0.2) is 45.6 Å². The summed E-state index contributed by atoms with van der Waals surface area (Å²) in [5.74, 6) is 0.853. The summed E-state index contributed by atoms with van der Waals surface area (Å²) in [5.41, 5.74) is 2.52. The first kappa shape index (κ1) is 22.3. The molecule has 0 spiro atoms. The van der Waals surface area contributed by atoms with Crippen LogP contribution in [-0.2, 0) is 14.3 Å². The van der Waals surface area contributed by atoms with E-state index in [1.807, 2.05) is 27.3 Å². The van der Waals surface area contributed by atoms with Crippen LogP contribution in [0.4, 0.5) is 0 Å². The van der Waals surface area contributed by atoms with Gasteiger partial charge in [0.15, 0.2) is 5.17 Å². The van der Waals surface area contributed by atoms with E-state index < -0.39 is 12.0 Å². The van der Waals surface area contributed by atoms with Gasteiger partial charge in [0.05, 0.1) is 45.1 Å². The highest BCUT2D eigenvalue weighted by molar-refractivity contribution is 8.16. The molecule has 1 atom stereocenters. The number of rotatable bonds is 6. The number of hydrogen-bond donors (Lipinski definition) is 0. The first-order valence-corrected chi connectivity index (χ1v) is 11.4. The van der Waals surface area contributed by atoms with Crippen LogP contribution < -0.4 is 9.47 Å². The van der Waals surface area contributed by atoms with Crippen molar-refractivity contribution in [1.29, 1.82) is 0 Å². The molecule has 0 aliphatic carbocycles. The number of ether oxygens (including phenoxy) is 3. The third-order valence-electron chi connectivity index (χ3n) is 5.93. The molecule has 1 saturated heterocycles. The van der Waals surface area contributed by atoms with Crippen LogP contribution in [0.25, 0.3) is 0 Å². The molecular formula is C23H27N3O5S.